The summed E-state index contributed by atoms with van der Waals surface area (Å²) in [6.07, 6.45) is 1.69. The van der Waals surface area contributed by atoms with Crippen molar-refractivity contribution < 1.29 is 9.53 Å². The predicted octanol–water partition coefficient (Wildman–Crippen LogP) is 2.42. The zero-order valence-corrected chi connectivity index (χ0v) is 10.6. The molecule has 2 aromatic rings. The molecule has 4 heteroatoms. The Hall–Kier alpha value is -2.10. The van der Waals surface area contributed by atoms with E-state index in [0.29, 0.717) is 19.0 Å². The average Bonchev–Trinajstić information content (AvgIpc) is 2.73. The molecule has 0 atom stereocenters. The lowest BCUT2D eigenvalue weighted by atomic mass is 10.2. The third kappa shape index (κ3) is 2.59. The second-order valence-corrected chi connectivity index (χ2v) is 4.02. The first kappa shape index (κ1) is 12.4. The quantitative estimate of drug-likeness (QED) is 0.776. The van der Waals surface area contributed by atoms with Gasteiger partial charge < -0.3 is 9.30 Å². The summed E-state index contributed by atoms with van der Waals surface area (Å²) in [7, 11) is 0. The molecule has 0 aliphatic carbocycles. The Kier molecular flexibility index (Phi) is 3.77. The Labute approximate surface area is 106 Å². The van der Waals surface area contributed by atoms with Gasteiger partial charge in [0.1, 0.15) is 0 Å². The Balaban J connectivity index is 2.27. The van der Waals surface area contributed by atoms with Crippen molar-refractivity contribution in [1.82, 2.24) is 9.55 Å². The lowest BCUT2D eigenvalue weighted by Gasteiger charge is -2.09. The van der Waals surface area contributed by atoms with Gasteiger partial charge in [0.25, 0.3) is 0 Å². The number of esters is 1. The summed E-state index contributed by atoms with van der Waals surface area (Å²) < 4.78 is 6.87. The van der Waals surface area contributed by atoms with Crippen LogP contribution in [0.25, 0.3) is 0 Å². The van der Waals surface area contributed by atoms with Crippen molar-refractivity contribution in [2.24, 2.45) is 0 Å². The van der Waals surface area contributed by atoms with E-state index in [1.165, 1.54) is 0 Å². The topological polar surface area (TPSA) is 44.1 Å². The lowest BCUT2D eigenvalue weighted by Crippen LogP contribution is -2.15. The molecule has 0 unspecified atom stereocenters. The summed E-state index contributed by atoms with van der Waals surface area (Å²) in [6, 6.07) is 9.97. The number of ether oxygens (including phenoxy) is 1. The fraction of sp³-hybridized carbons (Fsp3) is 0.286. The second-order valence-electron chi connectivity index (χ2n) is 4.02. The molecule has 0 saturated heterocycles. The van der Waals surface area contributed by atoms with E-state index in [1.54, 1.807) is 13.1 Å². The van der Waals surface area contributed by atoms with Crippen LogP contribution in [0.1, 0.15) is 28.8 Å². The predicted molar refractivity (Wildman–Crippen MR) is 68.5 cm³/mol. The number of imidazole rings is 1. The zero-order chi connectivity index (χ0) is 13.0. The third-order valence-electron chi connectivity index (χ3n) is 2.70. The van der Waals surface area contributed by atoms with Crippen LogP contribution in [0, 0.1) is 6.92 Å². The molecule has 1 aromatic heterocycles. The van der Waals surface area contributed by atoms with Crippen molar-refractivity contribution in [3.05, 3.63) is 53.6 Å². The number of aryl methyl sites for hydroxylation is 1. The number of hydrogen-bond donors (Lipinski definition) is 0. The molecule has 0 spiro atoms. The van der Waals surface area contributed by atoms with Gasteiger partial charge in [-0.1, -0.05) is 30.3 Å². The highest BCUT2D eigenvalue weighted by Gasteiger charge is 2.16. The molecule has 1 heterocycles. The van der Waals surface area contributed by atoms with E-state index in [2.05, 4.69) is 4.98 Å². The van der Waals surface area contributed by atoms with Crippen molar-refractivity contribution in [1.29, 1.82) is 0 Å². The van der Waals surface area contributed by atoms with E-state index in [9.17, 15) is 4.79 Å². The fourth-order valence-electron chi connectivity index (χ4n) is 1.79. The number of rotatable bonds is 4. The SMILES string of the molecule is CCOC(=O)c1ncc(C)n1Cc1ccccc1. The van der Waals surface area contributed by atoms with Gasteiger partial charge in [0.2, 0.25) is 5.82 Å². The van der Waals surface area contributed by atoms with Gasteiger partial charge in [0, 0.05) is 18.4 Å². The smallest absolute Gasteiger partial charge is 0.374 e. The largest absolute Gasteiger partial charge is 0.460 e. The first-order chi connectivity index (χ1) is 8.72. The van der Waals surface area contributed by atoms with Crippen molar-refractivity contribution in [2.45, 2.75) is 20.4 Å². The van der Waals surface area contributed by atoms with Crippen LogP contribution in [0.5, 0.6) is 0 Å². The molecule has 0 N–H and O–H groups in total. The molecule has 0 amide bonds. The molecule has 0 saturated carbocycles. The van der Waals surface area contributed by atoms with E-state index in [1.807, 2.05) is 41.8 Å². The zero-order valence-electron chi connectivity index (χ0n) is 10.6. The molecule has 2 rings (SSSR count). The number of nitrogens with zero attached hydrogens (tertiary/aromatic N) is 2. The number of hydrogen-bond acceptors (Lipinski definition) is 3. The van der Waals surface area contributed by atoms with Gasteiger partial charge >= 0.3 is 5.97 Å². The van der Waals surface area contributed by atoms with E-state index in [0.717, 1.165) is 11.3 Å². The van der Waals surface area contributed by atoms with Gasteiger partial charge in [0.15, 0.2) is 0 Å². The van der Waals surface area contributed by atoms with Crippen LogP contribution < -0.4 is 0 Å². The summed E-state index contributed by atoms with van der Waals surface area (Å²) in [5.74, 6) is -0.0141. The minimum atomic E-state index is -0.374. The Morgan fingerprint density at radius 2 is 2.06 bits per heavy atom. The maximum Gasteiger partial charge on any atom is 0.374 e. The van der Waals surface area contributed by atoms with Crippen LogP contribution >= 0.6 is 0 Å². The fourth-order valence-corrected chi connectivity index (χ4v) is 1.79. The van der Waals surface area contributed by atoms with Crippen LogP contribution in [0.3, 0.4) is 0 Å². The van der Waals surface area contributed by atoms with Crippen LogP contribution in [0.15, 0.2) is 36.5 Å². The Morgan fingerprint density at radius 1 is 1.33 bits per heavy atom. The molecule has 0 aliphatic heterocycles. The Bertz CT molecular complexity index is 532. The maximum atomic E-state index is 11.8. The molecule has 0 bridgehead atoms. The highest BCUT2D eigenvalue weighted by molar-refractivity contribution is 5.85. The van der Waals surface area contributed by atoms with Gasteiger partial charge in [-0.05, 0) is 19.4 Å². The van der Waals surface area contributed by atoms with Crippen LogP contribution in [-0.4, -0.2) is 22.1 Å². The van der Waals surface area contributed by atoms with E-state index in [4.69, 9.17) is 4.74 Å². The summed E-state index contributed by atoms with van der Waals surface area (Å²) in [6.45, 7) is 4.70. The van der Waals surface area contributed by atoms with Gasteiger partial charge in [-0.2, -0.15) is 0 Å². The molecule has 94 valence electrons. The summed E-state index contributed by atoms with van der Waals surface area (Å²) in [5, 5.41) is 0. The monoisotopic (exact) mass is 244 g/mol. The highest BCUT2D eigenvalue weighted by Crippen LogP contribution is 2.10. The standard InChI is InChI=1S/C14H16N2O2/c1-3-18-14(17)13-15-9-11(2)16(13)10-12-7-5-4-6-8-12/h4-9H,3,10H2,1-2H3. The van der Waals surface area contributed by atoms with Crippen molar-refractivity contribution in [3.63, 3.8) is 0 Å². The molecular weight excluding hydrogens is 228 g/mol. The normalized spacial score (nSPS) is 10.3. The third-order valence-corrected chi connectivity index (χ3v) is 2.70. The molecule has 0 aliphatic rings. The first-order valence-corrected chi connectivity index (χ1v) is 5.95. The number of aromatic nitrogens is 2. The minimum Gasteiger partial charge on any atom is -0.460 e. The first-order valence-electron chi connectivity index (χ1n) is 5.95. The van der Waals surface area contributed by atoms with E-state index in [-0.39, 0.29) is 5.97 Å². The maximum absolute atomic E-state index is 11.8. The molecule has 0 fully saturated rings. The number of carbonyl (C=O) groups is 1. The minimum absolute atomic E-state index is 0.357. The van der Waals surface area contributed by atoms with Crippen LogP contribution in [0.2, 0.25) is 0 Å². The van der Waals surface area contributed by atoms with Gasteiger partial charge in [0.05, 0.1) is 6.61 Å². The summed E-state index contributed by atoms with van der Waals surface area (Å²) >= 11 is 0. The second kappa shape index (κ2) is 5.49. The average molecular weight is 244 g/mol. The molecule has 0 radical (unpaired) electrons. The molecule has 1 aromatic carbocycles. The molecular formula is C14H16N2O2. The van der Waals surface area contributed by atoms with Crippen molar-refractivity contribution in [3.8, 4) is 0 Å². The highest BCUT2D eigenvalue weighted by atomic mass is 16.5. The summed E-state index contributed by atoms with van der Waals surface area (Å²) in [4.78, 5) is 15.9. The van der Waals surface area contributed by atoms with E-state index >= 15 is 0 Å². The van der Waals surface area contributed by atoms with Crippen molar-refractivity contribution in [2.75, 3.05) is 6.61 Å². The van der Waals surface area contributed by atoms with Gasteiger partial charge in [-0.3, -0.25) is 0 Å². The van der Waals surface area contributed by atoms with Crippen LogP contribution in [0.4, 0.5) is 0 Å². The number of carbonyl (C=O) groups excluding carboxylic acids is 1. The van der Waals surface area contributed by atoms with Gasteiger partial charge in [-0.25, -0.2) is 9.78 Å². The number of benzene rings is 1. The van der Waals surface area contributed by atoms with E-state index < -0.39 is 0 Å². The molecule has 4 nitrogen and oxygen atoms in total. The lowest BCUT2D eigenvalue weighted by molar-refractivity contribution is 0.0506. The summed E-state index contributed by atoms with van der Waals surface area (Å²) in [5.41, 5.74) is 2.08. The Morgan fingerprint density at radius 3 is 2.72 bits per heavy atom. The van der Waals surface area contributed by atoms with Crippen molar-refractivity contribution >= 4 is 5.97 Å². The molecule has 18 heavy (non-hydrogen) atoms. The van der Waals surface area contributed by atoms with Crippen LogP contribution in [-0.2, 0) is 11.3 Å². The van der Waals surface area contributed by atoms with Gasteiger partial charge in [-0.15, -0.1) is 0 Å².